The summed E-state index contributed by atoms with van der Waals surface area (Å²) in [6.07, 6.45) is 4.54. The lowest BCUT2D eigenvalue weighted by atomic mass is 10.1. The molecule has 0 spiro atoms. The van der Waals surface area contributed by atoms with E-state index in [0.717, 1.165) is 30.4 Å². The topological polar surface area (TPSA) is 97.4 Å². The summed E-state index contributed by atoms with van der Waals surface area (Å²) in [5, 5.41) is 2.88. The smallest absolute Gasteiger partial charge is 0.264 e. The maximum absolute atomic E-state index is 13.7. The first-order valence-corrected chi connectivity index (χ1v) is 13.8. The van der Waals surface area contributed by atoms with Crippen LogP contribution in [0.15, 0.2) is 47.4 Å². The van der Waals surface area contributed by atoms with Crippen LogP contribution in [-0.4, -0.2) is 72.8 Å². The van der Waals surface area contributed by atoms with Crippen molar-refractivity contribution in [3.63, 3.8) is 0 Å². The normalized spacial score (nSPS) is 14.2. The minimum Gasteiger partial charge on any atom is -0.494 e. The average Bonchev–Trinajstić information content (AvgIpc) is 2.90. The van der Waals surface area contributed by atoms with Crippen LogP contribution in [0.25, 0.3) is 0 Å². The fourth-order valence-corrected chi connectivity index (χ4v) is 5.63. The molecular formula is C26H37N3O6S. The molecule has 0 saturated carbocycles. The zero-order chi connectivity index (χ0) is 26.0. The molecule has 1 fully saturated rings. The van der Waals surface area contributed by atoms with Crippen LogP contribution in [0.1, 0.15) is 32.6 Å². The van der Waals surface area contributed by atoms with E-state index in [1.54, 1.807) is 24.3 Å². The summed E-state index contributed by atoms with van der Waals surface area (Å²) >= 11 is 0. The summed E-state index contributed by atoms with van der Waals surface area (Å²) in [6, 6.07) is 11.0. The number of anilines is 1. The van der Waals surface area contributed by atoms with E-state index in [1.807, 2.05) is 6.92 Å². The molecule has 0 aliphatic carbocycles. The number of carbonyl (C=O) groups is 1. The number of ether oxygens (including phenoxy) is 3. The molecule has 198 valence electrons. The lowest BCUT2D eigenvalue weighted by Gasteiger charge is -2.26. The second-order valence-corrected chi connectivity index (χ2v) is 10.4. The van der Waals surface area contributed by atoms with Crippen LogP contribution in [0.2, 0.25) is 0 Å². The Kier molecular flexibility index (Phi) is 10.2. The minimum absolute atomic E-state index is 0.00747. The zero-order valence-corrected chi connectivity index (χ0v) is 22.2. The number of carbonyl (C=O) groups excluding carboxylic acids is 1. The maximum Gasteiger partial charge on any atom is 0.264 e. The Morgan fingerprint density at radius 3 is 2.33 bits per heavy atom. The molecule has 2 aromatic rings. The number of nitrogens with one attached hydrogen (secondary N) is 1. The van der Waals surface area contributed by atoms with Gasteiger partial charge in [-0.3, -0.25) is 9.10 Å². The van der Waals surface area contributed by atoms with Crippen LogP contribution < -0.4 is 23.8 Å². The molecule has 1 aliphatic heterocycles. The zero-order valence-electron chi connectivity index (χ0n) is 21.4. The molecular weight excluding hydrogens is 482 g/mol. The molecule has 9 nitrogen and oxygen atoms in total. The number of nitrogens with zero attached hydrogens (tertiary/aromatic N) is 2. The highest BCUT2D eigenvalue weighted by Crippen LogP contribution is 2.32. The Balaban J connectivity index is 1.77. The summed E-state index contributed by atoms with van der Waals surface area (Å²) in [4.78, 5) is 15.2. The van der Waals surface area contributed by atoms with Gasteiger partial charge in [0.2, 0.25) is 5.91 Å². The predicted octanol–water partition coefficient (Wildman–Crippen LogP) is 3.29. The van der Waals surface area contributed by atoms with E-state index in [2.05, 4.69) is 10.2 Å². The number of likely N-dealkylation sites (tertiary alicyclic amines) is 1. The number of sulfonamides is 1. The molecule has 1 amide bonds. The van der Waals surface area contributed by atoms with Crippen molar-refractivity contribution in [3.8, 4) is 17.2 Å². The van der Waals surface area contributed by atoms with Crippen LogP contribution in [0.3, 0.4) is 0 Å². The monoisotopic (exact) mass is 519 g/mol. The molecule has 10 heteroatoms. The van der Waals surface area contributed by atoms with E-state index >= 15 is 0 Å². The van der Waals surface area contributed by atoms with Gasteiger partial charge in [0.15, 0.2) is 11.5 Å². The number of benzene rings is 2. The third-order valence-corrected chi connectivity index (χ3v) is 7.86. The Morgan fingerprint density at radius 1 is 1.00 bits per heavy atom. The first-order valence-electron chi connectivity index (χ1n) is 12.4. The Bertz CT molecular complexity index is 1090. The van der Waals surface area contributed by atoms with Gasteiger partial charge < -0.3 is 24.4 Å². The molecule has 0 atom stereocenters. The molecule has 1 heterocycles. The Hall–Kier alpha value is -2.98. The highest BCUT2D eigenvalue weighted by molar-refractivity contribution is 7.92. The summed E-state index contributed by atoms with van der Waals surface area (Å²) in [7, 11) is -1.17. The van der Waals surface area contributed by atoms with Crippen LogP contribution in [0.4, 0.5) is 5.69 Å². The lowest BCUT2D eigenvalue weighted by Crippen LogP contribution is -2.41. The van der Waals surface area contributed by atoms with E-state index < -0.39 is 10.0 Å². The van der Waals surface area contributed by atoms with E-state index in [1.165, 1.54) is 51.7 Å². The summed E-state index contributed by atoms with van der Waals surface area (Å²) in [5.41, 5.74) is 0.358. The minimum atomic E-state index is -4.09. The summed E-state index contributed by atoms with van der Waals surface area (Å²) in [5.74, 6) is 0.946. The molecule has 0 aromatic heterocycles. The number of hydrogen-bond acceptors (Lipinski definition) is 7. The Morgan fingerprint density at radius 2 is 1.69 bits per heavy atom. The number of piperidine rings is 1. The number of amides is 1. The SMILES string of the molecule is CCOc1ccc(N(CC(=O)NCCCN2CCCCC2)S(=O)(=O)c2ccc(OC)c(OC)c2)cc1. The van der Waals surface area contributed by atoms with Gasteiger partial charge in [0.05, 0.1) is 31.4 Å². The summed E-state index contributed by atoms with van der Waals surface area (Å²) in [6.45, 7) is 5.63. The second kappa shape index (κ2) is 13.4. The highest BCUT2D eigenvalue weighted by Gasteiger charge is 2.28. The molecule has 1 aliphatic rings. The van der Waals surface area contributed by atoms with Crippen LogP contribution >= 0.6 is 0 Å². The van der Waals surface area contributed by atoms with Crippen LogP contribution in [0, 0.1) is 0 Å². The van der Waals surface area contributed by atoms with E-state index in [0.29, 0.717) is 30.3 Å². The molecule has 0 unspecified atom stereocenters. The molecule has 0 radical (unpaired) electrons. The van der Waals surface area contributed by atoms with Crippen LogP contribution in [-0.2, 0) is 14.8 Å². The van der Waals surface area contributed by atoms with Gasteiger partial charge in [-0.05, 0) is 82.2 Å². The quantitative estimate of drug-likeness (QED) is 0.406. The molecule has 2 aromatic carbocycles. The van der Waals surface area contributed by atoms with Crippen molar-refractivity contribution < 1.29 is 27.4 Å². The fourth-order valence-electron chi connectivity index (χ4n) is 4.19. The van der Waals surface area contributed by atoms with Crippen molar-refractivity contribution in [2.45, 2.75) is 37.5 Å². The molecule has 0 bridgehead atoms. The number of hydrogen-bond donors (Lipinski definition) is 1. The van der Waals surface area contributed by atoms with E-state index in [4.69, 9.17) is 14.2 Å². The van der Waals surface area contributed by atoms with Gasteiger partial charge in [-0.1, -0.05) is 6.42 Å². The first kappa shape index (κ1) is 27.6. The standard InChI is InChI=1S/C26H37N3O6S/c1-4-35-22-11-9-21(10-12-22)29(20-26(30)27-15-8-18-28-16-6-5-7-17-28)36(31,32)23-13-14-24(33-2)25(19-23)34-3/h9-14,19H,4-8,15-18,20H2,1-3H3,(H,27,30). The maximum atomic E-state index is 13.7. The number of rotatable bonds is 13. The van der Waals surface area contributed by atoms with Gasteiger partial charge in [0, 0.05) is 12.6 Å². The van der Waals surface area contributed by atoms with Crippen molar-refractivity contribution in [1.29, 1.82) is 0 Å². The van der Waals surface area contributed by atoms with Crippen molar-refractivity contribution in [1.82, 2.24) is 10.2 Å². The first-order chi connectivity index (χ1) is 17.4. The van der Waals surface area contributed by atoms with E-state index in [-0.39, 0.29) is 23.1 Å². The van der Waals surface area contributed by atoms with Crippen molar-refractivity contribution in [2.75, 3.05) is 57.9 Å². The van der Waals surface area contributed by atoms with Crippen LogP contribution in [0.5, 0.6) is 17.2 Å². The number of methoxy groups -OCH3 is 2. The second-order valence-electron chi connectivity index (χ2n) is 8.56. The average molecular weight is 520 g/mol. The third-order valence-electron chi connectivity index (χ3n) is 6.09. The van der Waals surface area contributed by atoms with Gasteiger partial charge in [-0.15, -0.1) is 0 Å². The summed E-state index contributed by atoms with van der Waals surface area (Å²) < 4.78 is 44.5. The van der Waals surface area contributed by atoms with Gasteiger partial charge in [-0.25, -0.2) is 8.42 Å². The van der Waals surface area contributed by atoms with Crippen molar-refractivity contribution >= 4 is 21.6 Å². The van der Waals surface area contributed by atoms with Gasteiger partial charge >= 0.3 is 0 Å². The Labute approximate surface area is 214 Å². The molecule has 1 N–H and O–H groups in total. The highest BCUT2D eigenvalue weighted by atomic mass is 32.2. The van der Waals surface area contributed by atoms with Gasteiger partial charge in [-0.2, -0.15) is 0 Å². The fraction of sp³-hybridized carbons (Fsp3) is 0.500. The third kappa shape index (κ3) is 7.27. The molecule has 36 heavy (non-hydrogen) atoms. The predicted molar refractivity (Wildman–Crippen MR) is 140 cm³/mol. The van der Waals surface area contributed by atoms with Gasteiger partial charge in [0.1, 0.15) is 12.3 Å². The van der Waals surface area contributed by atoms with Crippen molar-refractivity contribution in [3.05, 3.63) is 42.5 Å². The molecule has 1 saturated heterocycles. The van der Waals surface area contributed by atoms with Crippen molar-refractivity contribution in [2.24, 2.45) is 0 Å². The van der Waals surface area contributed by atoms with Gasteiger partial charge in [0.25, 0.3) is 10.0 Å². The largest absolute Gasteiger partial charge is 0.494 e. The molecule has 3 rings (SSSR count). The van der Waals surface area contributed by atoms with E-state index in [9.17, 15) is 13.2 Å². The lowest BCUT2D eigenvalue weighted by molar-refractivity contribution is -0.119.